The van der Waals surface area contributed by atoms with E-state index in [1.807, 2.05) is 11.8 Å². The summed E-state index contributed by atoms with van der Waals surface area (Å²) < 4.78 is 21.4. The third-order valence-corrected chi connectivity index (χ3v) is 10.2. The lowest BCUT2D eigenvalue weighted by Gasteiger charge is -2.53. The van der Waals surface area contributed by atoms with Crippen molar-refractivity contribution in [2.75, 3.05) is 19.7 Å². The Balaban J connectivity index is 1.41. The van der Waals surface area contributed by atoms with Gasteiger partial charge in [0.2, 0.25) is 5.91 Å². The Labute approximate surface area is 248 Å². The molecule has 1 aliphatic heterocycles. The maximum Gasteiger partial charge on any atom is 0.340 e. The van der Waals surface area contributed by atoms with Gasteiger partial charge in [-0.15, -0.1) is 0 Å². The van der Waals surface area contributed by atoms with Crippen molar-refractivity contribution in [3.05, 3.63) is 58.3 Å². The van der Waals surface area contributed by atoms with Gasteiger partial charge in [0.05, 0.1) is 24.3 Å². The maximum atomic E-state index is 14.7. The topological polar surface area (TPSA) is 88.8 Å². The van der Waals surface area contributed by atoms with Crippen LogP contribution in [0.1, 0.15) is 94.8 Å². The molecule has 228 valence electrons. The van der Waals surface area contributed by atoms with E-state index >= 15 is 0 Å². The van der Waals surface area contributed by atoms with Gasteiger partial charge in [-0.3, -0.25) is 9.59 Å². The van der Waals surface area contributed by atoms with E-state index in [0.29, 0.717) is 25.4 Å². The largest absolute Gasteiger partial charge is 0.462 e. The van der Waals surface area contributed by atoms with Crippen molar-refractivity contribution in [1.82, 2.24) is 9.47 Å². The zero-order valence-corrected chi connectivity index (χ0v) is 25.1. The van der Waals surface area contributed by atoms with Gasteiger partial charge in [-0.25, -0.2) is 9.18 Å². The number of amides is 1. The number of likely N-dealkylation sites (tertiary alicyclic amines) is 1. The summed E-state index contributed by atoms with van der Waals surface area (Å²) in [5.74, 6) is -0.450. The van der Waals surface area contributed by atoms with Gasteiger partial charge in [0.25, 0.3) is 5.56 Å². The highest BCUT2D eigenvalue weighted by atomic mass is 19.1. The summed E-state index contributed by atoms with van der Waals surface area (Å²) in [4.78, 5) is 42.0. The van der Waals surface area contributed by atoms with Gasteiger partial charge < -0.3 is 19.3 Å². The number of halogens is 1. The van der Waals surface area contributed by atoms with Crippen molar-refractivity contribution in [3.63, 3.8) is 0 Å². The van der Waals surface area contributed by atoms with E-state index in [0.717, 1.165) is 32.1 Å². The summed E-state index contributed by atoms with van der Waals surface area (Å²) in [6.07, 6.45) is 12.4. The monoisotopic (exact) mass is 580 g/mol. The van der Waals surface area contributed by atoms with Gasteiger partial charge in [-0.05, 0) is 44.6 Å². The van der Waals surface area contributed by atoms with Gasteiger partial charge in [0, 0.05) is 47.8 Å². The fraction of sp³-hybridized carbons (Fsp3) is 0.618. The average Bonchev–Trinajstić information content (AvgIpc) is 3.46. The van der Waals surface area contributed by atoms with Crippen LogP contribution in [0.3, 0.4) is 0 Å². The molecule has 1 unspecified atom stereocenters. The lowest BCUT2D eigenvalue weighted by Crippen LogP contribution is -2.62. The molecule has 0 radical (unpaired) electrons. The summed E-state index contributed by atoms with van der Waals surface area (Å²) in [7, 11) is 0. The van der Waals surface area contributed by atoms with Gasteiger partial charge in [0.1, 0.15) is 5.82 Å². The Morgan fingerprint density at radius 3 is 2.48 bits per heavy atom. The van der Waals surface area contributed by atoms with Crippen LogP contribution in [0.15, 0.2) is 41.3 Å². The van der Waals surface area contributed by atoms with Crippen molar-refractivity contribution in [2.45, 2.75) is 96.6 Å². The number of nitrogens with zero attached hydrogens (tertiary/aromatic N) is 2. The number of hydrogen-bond donors (Lipinski definition) is 1. The molecule has 1 aromatic heterocycles. The first-order valence-electron chi connectivity index (χ1n) is 15.8. The average molecular weight is 581 g/mol. The van der Waals surface area contributed by atoms with E-state index in [2.05, 4.69) is 0 Å². The number of ether oxygens (including phenoxy) is 1. The number of carbonyl (C=O) groups is 2. The van der Waals surface area contributed by atoms with Crippen molar-refractivity contribution < 1.29 is 23.8 Å². The molecule has 2 aliphatic carbocycles. The van der Waals surface area contributed by atoms with E-state index in [1.165, 1.54) is 61.1 Å². The van der Waals surface area contributed by atoms with Crippen molar-refractivity contribution >= 4 is 11.9 Å². The highest BCUT2D eigenvalue weighted by Crippen LogP contribution is 2.52. The Morgan fingerprint density at radius 2 is 1.79 bits per heavy atom. The second-order valence-corrected chi connectivity index (χ2v) is 12.9. The molecule has 1 spiro atoms. The second kappa shape index (κ2) is 12.7. The molecular weight excluding hydrogens is 535 g/mol. The quantitative estimate of drug-likeness (QED) is 0.389. The van der Waals surface area contributed by atoms with Crippen LogP contribution in [0.4, 0.5) is 4.39 Å². The van der Waals surface area contributed by atoms with Crippen LogP contribution in [-0.2, 0) is 16.1 Å². The van der Waals surface area contributed by atoms with Crippen molar-refractivity contribution in [2.24, 2.45) is 17.3 Å². The molecule has 2 saturated carbocycles. The van der Waals surface area contributed by atoms with Crippen LogP contribution in [0.5, 0.6) is 0 Å². The molecule has 42 heavy (non-hydrogen) atoms. The van der Waals surface area contributed by atoms with Crippen LogP contribution >= 0.6 is 0 Å². The van der Waals surface area contributed by atoms with Crippen LogP contribution in [0.2, 0.25) is 0 Å². The third-order valence-electron chi connectivity index (χ3n) is 10.2. The third kappa shape index (κ3) is 6.05. The number of rotatable bonds is 8. The predicted molar refractivity (Wildman–Crippen MR) is 159 cm³/mol. The van der Waals surface area contributed by atoms with E-state index in [-0.39, 0.29) is 41.7 Å². The number of benzene rings is 1. The van der Waals surface area contributed by atoms with Crippen molar-refractivity contribution in [1.29, 1.82) is 0 Å². The lowest BCUT2D eigenvalue weighted by molar-refractivity contribution is -0.163. The van der Waals surface area contributed by atoms with Crippen LogP contribution in [-0.4, -0.2) is 51.7 Å². The van der Waals surface area contributed by atoms with Gasteiger partial charge >= 0.3 is 5.97 Å². The Hall–Kier alpha value is -3.00. The van der Waals surface area contributed by atoms with Crippen LogP contribution in [0, 0.1) is 23.1 Å². The Bertz CT molecular complexity index is 1340. The number of aliphatic hydroxyl groups is 1. The molecule has 2 heterocycles. The van der Waals surface area contributed by atoms with Gasteiger partial charge in [0.15, 0.2) is 0 Å². The predicted octanol–water partition coefficient (Wildman–Crippen LogP) is 5.96. The first kappa shape index (κ1) is 30.5. The van der Waals surface area contributed by atoms with Gasteiger partial charge in [-0.2, -0.15) is 0 Å². The lowest BCUT2D eigenvalue weighted by atomic mass is 9.65. The number of esters is 1. The molecule has 8 heteroatoms. The summed E-state index contributed by atoms with van der Waals surface area (Å²) >= 11 is 0. The molecule has 2 atom stereocenters. The number of hydrogen-bond acceptors (Lipinski definition) is 5. The number of piperidine rings is 1. The minimum Gasteiger partial charge on any atom is -0.462 e. The van der Waals surface area contributed by atoms with Crippen LogP contribution in [0.25, 0.3) is 11.1 Å². The zero-order valence-electron chi connectivity index (χ0n) is 25.1. The fourth-order valence-corrected chi connectivity index (χ4v) is 7.87. The SMILES string of the molecule is CCOC(=O)c1cn(CC2(O)CCN(C(=O)[C@H](C)CC3CCCCC3)CC23CCCC3)c(=O)cc1-c1ccccc1F. The number of carbonyl (C=O) groups excluding carboxylic acids is 2. The minimum absolute atomic E-state index is 0.00452. The molecular formula is C34H45FN2O5. The molecule has 5 rings (SSSR count). The summed E-state index contributed by atoms with van der Waals surface area (Å²) in [6, 6.07) is 7.28. The van der Waals surface area contributed by atoms with E-state index < -0.39 is 28.4 Å². The standard InChI is InChI=1S/C34H45FN2O5/c1-3-42-32(40)28-21-37(30(38)20-27(28)26-13-7-8-14-29(26)35)23-34(41)17-18-36(22-33(34)15-9-10-16-33)31(39)24(2)19-25-11-5-4-6-12-25/h7-8,13-14,20-21,24-25,41H,3-6,9-12,15-19,22-23H2,1-2H3/t24-,34?/m1/s1. The van der Waals surface area contributed by atoms with Crippen molar-refractivity contribution in [3.8, 4) is 11.1 Å². The highest BCUT2D eigenvalue weighted by molar-refractivity contribution is 5.97. The molecule has 3 fully saturated rings. The first-order chi connectivity index (χ1) is 20.2. The molecule has 3 aliphatic rings. The molecule has 0 bridgehead atoms. The van der Waals surface area contributed by atoms with Gasteiger partial charge in [-0.1, -0.05) is 70.1 Å². The fourth-order valence-electron chi connectivity index (χ4n) is 7.87. The number of aromatic nitrogens is 1. The Morgan fingerprint density at radius 1 is 1.07 bits per heavy atom. The maximum absolute atomic E-state index is 14.7. The highest BCUT2D eigenvalue weighted by Gasteiger charge is 2.55. The summed E-state index contributed by atoms with van der Waals surface area (Å²) in [5, 5.41) is 12.3. The normalized spacial score (nSPS) is 23.2. The first-order valence-corrected chi connectivity index (χ1v) is 15.8. The summed E-state index contributed by atoms with van der Waals surface area (Å²) in [6.45, 7) is 4.77. The van der Waals surface area contributed by atoms with E-state index in [9.17, 15) is 23.9 Å². The molecule has 1 aromatic carbocycles. The molecule has 1 N–H and O–H groups in total. The summed E-state index contributed by atoms with van der Waals surface area (Å²) in [5.41, 5.74) is -1.80. The minimum atomic E-state index is -1.23. The number of pyridine rings is 1. The van der Waals surface area contributed by atoms with Crippen LogP contribution < -0.4 is 5.56 Å². The van der Waals surface area contributed by atoms with E-state index in [4.69, 9.17) is 4.74 Å². The zero-order chi connectivity index (χ0) is 29.9. The molecule has 2 aromatic rings. The smallest absolute Gasteiger partial charge is 0.340 e. The molecule has 1 saturated heterocycles. The molecule has 1 amide bonds. The molecule has 7 nitrogen and oxygen atoms in total. The Kier molecular flexibility index (Phi) is 9.21. The second-order valence-electron chi connectivity index (χ2n) is 12.9. The van der Waals surface area contributed by atoms with E-state index in [1.54, 1.807) is 19.1 Å².